The Morgan fingerprint density at radius 1 is 0.684 bits per heavy atom. The molecule has 0 fully saturated rings. The van der Waals surface area contributed by atoms with Crippen LogP contribution in [0.2, 0.25) is 0 Å². The second-order valence-corrected chi connectivity index (χ2v) is 5.51. The molecule has 0 aliphatic heterocycles. The quantitative estimate of drug-likeness (QED) is 0.421. The zero-order valence-corrected chi connectivity index (χ0v) is 12.5. The molecule has 0 bridgehead atoms. The third-order valence-corrected chi connectivity index (χ3v) is 3.82. The summed E-state index contributed by atoms with van der Waals surface area (Å²) in [5.74, 6) is 1.43. The lowest BCUT2D eigenvalue weighted by atomic mass is 9.87. The molecule has 0 heterocycles. The number of aliphatic imine (C=N–C) groups is 1. The molecule has 4 heteroatoms. The third-order valence-electron chi connectivity index (χ3n) is 3.82. The predicted molar refractivity (Wildman–Crippen MR) is 85.5 cm³/mol. The summed E-state index contributed by atoms with van der Waals surface area (Å²) >= 11 is 0. The standard InChI is InChI=1S/C15H34N4/c1-19-13-15(7-4-12-18)9-8-14(5-2-10-16)6-3-11-17/h14-15H,1-13,16-18H2. The topological polar surface area (TPSA) is 90.4 Å². The van der Waals surface area contributed by atoms with Crippen LogP contribution in [0, 0.1) is 11.8 Å². The fourth-order valence-electron chi connectivity index (χ4n) is 2.63. The van der Waals surface area contributed by atoms with Crippen LogP contribution in [0.15, 0.2) is 4.99 Å². The Morgan fingerprint density at radius 2 is 1.11 bits per heavy atom. The van der Waals surface area contributed by atoms with Crippen molar-refractivity contribution in [2.75, 3.05) is 26.2 Å². The van der Waals surface area contributed by atoms with Crippen LogP contribution < -0.4 is 17.2 Å². The Labute approximate surface area is 119 Å². The minimum atomic E-state index is 0.652. The van der Waals surface area contributed by atoms with Crippen LogP contribution in [0.1, 0.15) is 51.4 Å². The molecule has 0 saturated carbocycles. The second kappa shape index (κ2) is 14.0. The lowest BCUT2D eigenvalue weighted by Crippen LogP contribution is -2.13. The summed E-state index contributed by atoms with van der Waals surface area (Å²) in [6.07, 6.45) is 9.50. The summed E-state index contributed by atoms with van der Waals surface area (Å²) < 4.78 is 0. The molecule has 0 aliphatic carbocycles. The highest BCUT2D eigenvalue weighted by molar-refractivity contribution is 5.23. The molecule has 0 aromatic rings. The van der Waals surface area contributed by atoms with Gasteiger partial charge in [-0.1, -0.05) is 6.42 Å². The maximum Gasteiger partial charge on any atom is 0.0410 e. The van der Waals surface area contributed by atoms with Gasteiger partial charge in [-0.3, -0.25) is 0 Å². The average Bonchev–Trinajstić information content (AvgIpc) is 2.43. The summed E-state index contributed by atoms with van der Waals surface area (Å²) in [5, 5.41) is 0. The van der Waals surface area contributed by atoms with Gasteiger partial charge in [0, 0.05) is 6.54 Å². The van der Waals surface area contributed by atoms with Crippen LogP contribution in [0.5, 0.6) is 0 Å². The number of hydrogen-bond acceptors (Lipinski definition) is 4. The lowest BCUT2D eigenvalue weighted by Gasteiger charge is -2.20. The fraction of sp³-hybridized carbons (Fsp3) is 0.933. The molecular formula is C15H34N4. The minimum absolute atomic E-state index is 0.652. The van der Waals surface area contributed by atoms with Gasteiger partial charge in [0.05, 0.1) is 0 Å². The van der Waals surface area contributed by atoms with Crippen LogP contribution in [0.4, 0.5) is 0 Å². The smallest absolute Gasteiger partial charge is 0.0410 e. The fourth-order valence-corrected chi connectivity index (χ4v) is 2.63. The Bertz CT molecular complexity index is 189. The molecule has 4 nitrogen and oxygen atoms in total. The van der Waals surface area contributed by atoms with Crippen molar-refractivity contribution in [3.63, 3.8) is 0 Å². The SMILES string of the molecule is C=NCC(CCCN)CCC(CCCN)CCCN. The number of hydrogen-bond donors (Lipinski definition) is 3. The third kappa shape index (κ3) is 11.1. The molecule has 1 unspecified atom stereocenters. The van der Waals surface area contributed by atoms with E-state index < -0.39 is 0 Å². The molecule has 0 aliphatic rings. The Balaban J connectivity index is 4.02. The Morgan fingerprint density at radius 3 is 1.53 bits per heavy atom. The van der Waals surface area contributed by atoms with Crippen molar-refractivity contribution in [1.29, 1.82) is 0 Å². The van der Waals surface area contributed by atoms with E-state index in [4.69, 9.17) is 17.2 Å². The van der Waals surface area contributed by atoms with Crippen LogP contribution in [-0.2, 0) is 0 Å². The van der Waals surface area contributed by atoms with E-state index in [1.54, 1.807) is 0 Å². The maximum atomic E-state index is 5.61. The molecule has 0 spiro atoms. The van der Waals surface area contributed by atoms with Gasteiger partial charge in [-0.15, -0.1) is 0 Å². The van der Waals surface area contributed by atoms with Crippen molar-refractivity contribution in [1.82, 2.24) is 0 Å². The summed E-state index contributed by atoms with van der Waals surface area (Å²) in [6, 6.07) is 0. The maximum absolute atomic E-state index is 5.61. The van der Waals surface area contributed by atoms with Gasteiger partial charge in [-0.05, 0) is 83.1 Å². The Hall–Kier alpha value is -0.450. The first-order valence-electron chi connectivity index (χ1n) is 7.81. The predicted octanol–water partition coefficient (Wildman–Crippen LogP) is 1.92. The first kappa shape index (κ1) is 18.6. The monoisotopic (exact) mass is 270 g/mol. The zero-order chi connectivity index (χ0) is 14.3. The molecule has 0 saturated heterocycles. The highest BCUT2D eigenvalue weighted by Gasteiger charge is 2.13. The molecule has 0 rings (SSSR count). The van der Waals surface area contributed by atoms with E-state index in [0.29, 0.717) is 5.92 Å². The van der Waals surface area contributed by atoms with Gasteiger partial charge in [0.15, 0.2) is 0 Å². The van der Waals surface area contributed by atoms with Crippen molar-refractivity contribution < 1.29 is 0 Å². The van der Waals surface area contributed by atoms with Crippen LogP contribution >= 0.6 is 0 Å². The van der Waals surface area contributed by atoms with Gasteiger partial charge in [-0.2, -0.15) is 0 Å². The highest BCUT2D eigenvalue weighted by Crippen LogP contribution is 2.24. The lowest BCUT2D eigenvalue weighted by molar-refractivity contribution is 0.340. The Kier molecular flexibility index (Phi) is 13.6. The first-order valence-corrected chi connectivity index (χ1v) is 7.81. The van der Waals surface area contributed by atoms with E-state index in [1.165, 1.54) is 32.1 Å². The highest BCUT2D eigenvalue weighted by atomic mass is 14.7. The van der Waals surface area contributed by atoms with E-state index >= 15 is 0 Å². The molecule has 6 N–H and O–H groups in total. The van der Waals surface area contributed by atoms with Crippen LogP contribution in [0.25, 0.3) is 0 Å². The summed E-state index contributed by atoms with van der Waals surface area (Å²) in [6.45, 7) is 6.86. The summed E-state index contributed by atoms with van der Waals surface area (Å²) in [4.78, 5) is 4.06. The van der Waals surface area contributed by atoms with Gasteiger partial charge in [0.2, 0.25) is 0 Å². The minimum Gasteiger partial charge on any atom is -0.330 e. The molecule has 0 aromatic heterocycles. The molecule has 0 radical (unpaired) electrons. The molecule has 19 heavy (non-hydrogen) atoms. The van der Waals surface area contributed by atoms with Gasteiger partial charge >= 0.3 is 0 Å². The summed E-state index contributed by atoms with van der Waals surface area (Å²) in [7, 11) is 0. The van der Waals surface area contributed by atoms with Crippen molar-refractivity contribution in [3.8, 4) is 0 Å². The van der Waals surface area contributed by atoms with Gasteiger partial charge in [0.1, 0.15) is 0 Å². The molecular weight excluding hydrogens is 236 g/mol. The van der Waals surface area contributed by atoms with E-state index in [-0.39, 0.29) is 0 Å². The second-order valence-electron chi connectivity index (χ2n) is 5.51. The van der Waals surface area contributed by atoms with E-state index in [9.17, 15) is 0 Å². The van der Waals surface area contributed by atoms with E-state index in [2.05, 4.69) is 11.7 Å². The van der Waals surface area contributed by atoms with Gasteiger partial charge < -0.3 is 22.2 Å². The number of rotatable bonds is 14. The van der Waals surface area contributed by atoms with E-state index in [0.717, 1.165) is 51.4 Å². The summed E-state index contributed by atoms with van der Waals surface area (Å²) in [5.41, 5.74) is 16.8. The molecule has 0 aromatic carbocycles. The van der Waals surface area contributed by atoms with Crippen molar-refractivity contribution in [3.05, 3.63) is 0 Å². The average molecular weight is 270 g/mol. The molecule has 0 amide bonds. The van der Waals surface area contributed by atoms with Gasteiger partial charge in [-0.25, -0.2) is 0 Å². The zero-order valence-electron chi connectivity index (χ0n) is 12.5. The van der Waals surface area contributed by atoms with Gasteiger partial charge in [0.25, 0.3) is 0 Å². The molecule has 1 atom stereocenters. The van der Waals surface area contributed by atoms with Crippen LogP contribution in [0.3, 0.4) is 0 Å². The number of nitrogens with zero attached hydrogens (tertiary/aromatic N) is 1. The van der Waals surface area contributed by atoms with Crippen molar-refractivity contribution >= 4 is 6.72 Å². The molecule has 114 valence electrons. The van der Waals surface area contributed by atoms with Crippen molar-refractivity contribution in [2.45, 2.75) is 51.4 Å². The largest absolute Gasteiger partial charge is 0.330 e. The number of nitrogens with two attached hydrogens (primary N) is 3. The normalized spacial score (nSPS) is 12.8. The van der Waals surface area contributed by atoms with Crippen LogP contribution in [-0.4, -0.2) is 32.9 Å². The van der Waals surface area contributed by atoms with E-state index in [1.807, 2.05) is 0 Å². The van der Waals surface area contributed by atoms with Crippen molar-refractivity contribution in [2.24, 2.45) is 34.0 Å². The first-order chi connectivity index (χ1) is 9.28.